The fraction of sp³-hybridized carbons (Fsp3) is 0.231. The van der Waals surface area contributed by atoms with E-state index < -0.39 is 11.7 Å². The second-order valence-electron chi connectivity index (χ2n) is 8.30. The van der Waals surface area contributed by atoms with Crippen LogP contribution < -0.4 is 4.90 Å². The van der Waals surface area contributed by atoms with Crippen molar-refractivity contribution in [3.8, 4) is 0 Å². The number of rotatable bonds is 5. The van der Waals surface area contributed by atoms with E-state index in [1.165, 1.54) is 16.5 Å². The normalized spacial score (nSPS) is 16.6. The lowest BCUT2D eigenvalue weighted by Crippen LogP contribution is -2.25. The minimum absolute atomic E-state index is 0.194. The molecule has 0 radical (unpaired) electrons. The summed E-state index contributed by atoms with van der Waals surface area (Å²) in [6, 6.07) is 22.9. The third-order valence-corrected chi connectivity index (χ3v) is 6.13. The first-order chi connectivity index (χ1) is 15.9. The number of benzene rings is 3. The molecule has 7 heteroatoms. The number of carbonyl (C=O) groups is 1. The minimum atomic E-state index is -4.45. The van der Waals surface area contributed by atoms with Crippen molar-refractivity contribution in [2.24, 2.45) is 0 Å². The number of aryl methyl sites for hydroxylation is 2. The van der Waals surface area contributed by atoms with Gasteiger partial charge in [0.1, 0.15) is 5.82 Å². The number of hydrogen-bond acceptors (Lipinski definition) is 2. The highest BCUT2D eigenvalue weighted by atomic mass is 19.4. The number of hydrogen-bond donors (Lipinski definition) is 0. The molecule has 3 aromatic carbocycles. The van der Waals surface area contributed by atoms with Crippen LogP contribution in [-0.4, -0.2) is 22.0 Å². The van der Waals surface area contributed by atoms with E-state index in [9.17, 15) is 18.0 Å². The molecule has 1 aliphatic rings. The molecule has 1 amide bonds. The van der Waals surface area contributed by atoms with E-state index >= 15 is 0 Å². The molecule has 33 heavy (non-hydrogen) atoms. The highest BCUT2D eigenvalue weighted by Gasteiger charge is 2.36. The van der Waals surface area contributed by atoms with Crippen molar-refractivity contribution in [3.05, 3.63) is 95.8 Å². The number of anilines is 1. The van der Waals surface area contributed by atoms with Crippen molar-refractivity contribution in [1.29, 1.82) is 0 Å². The predicted octanol–water partition coefficient (Wildman–Crippen LogP) is 5.82. The van der Waals surface area contributed by atoms with Gasteiger partial charge < -0.3 is 9.47 Å². The van der Waals surface area contributed by atoms with Gasteiger partial charge in [0, 0.05) is 31.1 Å². The molecule has 4 aromatic rings. The maximum atomic E-state index is 13.2. The molecule has 0 spiro atoms. The quantitative estimate of drug-likeness (QED) is 0.385. The first kappa shape index (κ1) is 21.2. The van der Waals surface area contributed by atoms with E-state index in [-0.39, 0.29) is 23.9 Å². The van der Waals surface area contributed by atoms with Crippen molar-refractivity contribution in [3.63, 3.8) is 0 Å². The molecule has 1 saturated heterocycles. The van der Waals surface area contributed by atoms with Crippen LogP contribution in [0.3, 0.4) is 0 Å². The number of nitrogens with zero attached hydrogens (tertiary/aromatic N) is 3. The Hall–Kier alpha value is -3.61. The fourth-order valence-electron chi connectivity index (χ4n) is 4.51. The van der Waals surface area contributed by atoms with Gasteiger partial charge in [-0.1, -0.05) is 48.5 Å². The van der Waals surface area contributed by atoms with Gasteiger partial charge in [-0.3, -0.25) is 4.79 Å². The molecule has 0 unspecified atom stereocenters. The standard InChI is InChI=1S/C26H22F3N3O/c27-26(28,29)20-9-6-10-21(16-20)32-17-19(15-24(32)33)25-30-22-11-4-5-12-23(22)31(25)14-13-18-7-2-1-3-8-18/h1-12,16,19H,13-15,17H2/t19-/m0/s1. The zero-order valence-electron chi connectivity index (χ0n) is 17.8. The summed E-state index contributed by atoms with van der Waals surface area (Å²) in [6.45, 7) is 1.00. The van der Waals surface area contributed by atoms with E-state index in [2.05, 4.69) is 16.7 Å². The molecule has 2 heterocycles. The molecule has 4 nitrogen and oxygen atoms in total. The SMILES string of the molecule is O=C1C[C@H](c2nc3ccccc3n2CCc2ccccc2)CN1c1cccc(C(F)(F)F)c1. The van der Waals surface area contributed by atoms with Gasteiger partial charge in [0.15, 0.2) is 0 Å². The van der Waals surface area contributed by atoms with Crippen LogP contribution in [0, 0.1) is 0 Å². The number of halogens is 3. The largest absolute Gasteiger partial charge is 0.416 e. The molecular weight excluding hydrogens is 427 g/mol. The van der Waals surface area contributed by atoms with Gasteiger partial charge in [0.2, 0.25) is 5.91 Å². The fourth-order valence-corrected chi connectivity index (χ4v) is 4.51. The van der Waals surface area contributed by atoms with Crippen LogP contribution in [0.15, 0.2) is 78.9 Å². The average Bonchev–Trinajstić information content (AvgIpc) is 3.38. The Morgan fingerprint density at radius 1 is 0.939 bits per heavy atom. The van der Waals surface area contributed by atoms with Crippen molar-refractivity contribution in [1.82, 2.24) is 9.55 Å². The van der Waals surface area contributed by atoms with Crippen LogP contribution in [0.5, 0.6) is 0 Å². The highest BCUT2D eigenvalue weighted by molar-refractivity contribution is 5.96. The Bertz CT molecular complexity index is 1300. The summed E-state index contributed by atoms with van der Waals surface area (Å²) < 4.78 is 41.7. The van der Waals surface area contributed by atoms with Crippen LogP contribution in [0.1, 0.15) is 29.3 Å². The number of imidazole rings is 1. The number of amides is 1. The van der Waals surface area contributed by atoms with E-state index in [4.69, 9.17) is 4.98 Å². The van der Waals surface area contributed by atoms with Gasteiger partial charge in [0.05, 0.1) is 16.6 Å². The van der Waals surface area contributed by atoms with Crippen molar-refractivity contribution < 1.29 is 18.0 Å². The summed E-state index contributed by atoms with van der Waals surface area (Å²) in [7, 11) is 0. The molecule has 0 saturated carbocycles. The zero-order valence-corrected chi connectivity index (χ0v) is 17.8. The molecule has 0 aliphatic carbocycles. The lowest BCUT2D eigenvalue weighted by atomic mass is 10.1. The molecule has 5 rings (SSSR count). The Kier molecular flexibility index (Phi) is 5.40. The maximum Gasteiger partial charge on any atom is 0.416 e. The molecule has 1 atom stereocenters. The zero-order chi connectivity index (χ0) is 23.0. The van der Waals surface area contributed by atoms with E-state index in [1.807, 2.05) is 42.5 Å². The summed E-state index contributed by atoms with van der Waals surface area (Å²) >= 11 is 0. The Morgan fingerprint density at radius 2 is 1.70 bits per heavy atom. The molecule has 1 aliphatic heterocycles. The van der Waals surface area contributed by atoms with Gasteiger partial charge in [-0.25, -0.2) is 4.98 Å². The molecule has 0 N–H and O–H groups in total. The number of fused-ring (bicyclic) bond motifs is 1. The second kappa shape index (κ2) is 8.39. The van der Waals surface area contributed by atoms with Gasteiger partial charge in [-0.15, -0.1) is 0 Å². The number of para-hydroxylation sites is 2. The average molecular weight is 449 g/mol. The first-order valence-electron chi connectivity index (χ1n) is 10.9. The summed E-state index contributed by atoms with van der Waals surface area (Å²) in [5, 5.41) is 0. The lowest BCUT2D eigenvalue weighted by Gasteiger charge is -2.19. The Balaban J connectivity index is 1.45. The van der Waals surface area contributed by atoms with Crippen LogP contribution in [0.2, 0.25) is 0 Å². The van der Waals surface area contributed by atoms with Crippen LogP contribution in [0.25, 0.3) is 11.0 Å². The maximum absolute atomic E-state index is 13.2. The molecule has 168 valence electrons. The number of carbonyl (C=O) groups excluding carboxylic acids is 1. The smallest absolute Gasteiger partial charge is 0.327 e. The monoisotopic (exact) mass is 449 g/mol. The minimum Gasteiger partial charge on any atom is -0.327 e. The Labute approximate surface area is 189 Å². The van der Waals surface area contributed by atoms with Gasteiger partial charge in [-0.2, -0.15) is 13.2 Å². The lowest BCUT2D eigenvalue weighted by molar-refractivity contribution is -0.137. The third kappa shape index (κ3) is 4.23. The highest BCUT2D eigenvalue weighted by Crippen LogP contribution is 2.36. The van der Waals surface area contributed by atoms with E-state index in [0.29, 0.717) is 13.1 Å². The number of aromatic nitrogens is 2. The third-order valence-electron chi connectivity index (χ3n) is 6.13. The first-order valence-corrected chi connectivity index (χ1v) is 10.9. The Morgan fingerprint density at radius 3 is 2.48 bits per heavy atom. The van der Waals surface area contributed by atoms with E-state index in [0.717, 1.165) is 35.4 Å². The molecule has 1 aromatic heterocycles. The summed E-state index contributed by atoms with van der Waals surface area (Å²) in [5.74, 6) is 0.408. The summed E-state index contributed by atoms with van der Waals surface area (Å²) in [5.41, 5.74) is 2.56. The molecule has 1 fully saturated rings. The summed E-state index contributed by atoms with van der Waals surface area (Å²) in [6.07, 6.45) is -3.43. The predicted molar refractivity (Wildman–Crippen MR) is 121 cm³/mol. The van der Waals surface area contributed by atoms with Crippen LogP contribution in [-0.2, 0) is 23.9 Å². The van der Waals surface area contributed by atoms with Gasteiger partial charge in [-0.05, 0) is 42.3 Å². The van der Waals surface area contributed by atoms with Crippen LogP contribution >= 0.6 is 0 Å². The van der Waals surface area contributed by atoms with Gasteiger partial charge >= 0.3 is 6.18 Å². The molecular formula is C26H22F3N3O. The molecule has 0 bridgehead atoms. The number of alkyl halides is 3. The van der Waals surface area contributed by atoms with Crippen molar-refractivity contribution in [2.75, 3.05) is 11.4 Å². The topological polar surface area (TPSA) is 38.1 Å². The summed E-state index contributed by atoms with van der Waals surface area (Å²) in [4.78, 5) is 19.1. The van der Waals surface area contributed by atoms with Crippen molar-refractivity contribution >= 4 is 22.6 Å². The van der Waals surface area contributed by atoms with E-state index in [1.54, 1.807) is 6.07 Å². The van der Waals surface area contributed by atoms with Crippen molar-refractivity contribution in [2.45, 2.75) is 31.5 Å². The van der Waals surface area contributed by atoms with Crippen LogP contribution in [0.4, 0.5) is 18.9 Å². The second-order valence-corrected chi connectivity index (χ2v) is 8.30. The van der Waals surface area contributed by atoms with Gasteiger partial charge in [0.25, 0.3) is 0 Å².